The van der Waals surface area contributed by atoms with E-state index in [1.54, 1.807) is 18.3 Å². The molecule has 1 fully saturated rings. The number of amides is 2. The Bertz CT molecular complexity index is 607. The number of carbonyl (C=O) groups excluding carboxylic acids is 1. The number of anilines is 1. The van der Waals surface area contributed by atoms with Gasteiger partial charge < -0.3 is 15.2 Å². The van der Waals surface area contributed by atoms with Gasteiger partial charge in [-0.15, -0.1) is 0 Å². The molecule has 0 radical (unpaired) electrons. The summed E-state index contributed by atoms with van der Waals surface area (Å²) in [5, 5.41) is 12.4. The van der Waals surface area contributed by atoms with Crippen LogP contribution >= 0.6 is 15.9 Å². The summed E-state index contributed by atoms with van der Waals surface area (Å²) in [5.74, 6) is 0.416. The highest BCUT2D eigenvalue weighted by Gasteiger charge is 2.31. The lowest BCUT2D eigenvalue weighted by Gasteiger charge is -2.35. The van der Waals surface area contributed by atoms with Crippen molar-refractivity contribution in [2.45, 2.75) is 64.1 Å². The second-order valence-corrected chi connectivity index (χ2v) is 8.05. The molecule has 25 heavy (non-hydrogen) atoms. The van der Waals surface area contributed by atoms with Gasteiger partial charge in [0.05, 0.1) is 0 Å². The summed E-state index contributed by atoms with van der Waals surface area (Å²) in [7, 11) is 0. The maximum absolute atomic E-state index is 11.9. The van der Waals surface area contributed by atoms with Crippen molar-refractivity contribution in [3.05, 3.63) is 22.8 Å². The molecule has 2 N–H and O–H groups in total. The van der Waals surface area contributed by atoms with Crippen LogP contribution in [0.1, 0.15) is 46.5 Å². The van der Waals surface area contributed by atoms with E-state index in [1.807, 2.05) is 20.8 Å². The van der Waals surface area contributed by atoms with Crippen molar-refractivity contribution < 1.29 is 19.4 Å². The fourth-order valence-corrected chi connectivity index (χ4v) is 3.14. The highest BCUT2D eigenvalue weighted by Crippen LogP contribution is 2.27. The second kappa shape index (κ2) is 8.03. The molecule has 0 unspecified atom stereocenters. The van der Waals surface area contributed by atoms with E-state index in [9.17, 15) is 14.7 Å². The first-order valence-corrected chi connectivity index (χ1v) is 9.08. The van der Waals surface area contributed by atoms with Gasteiger partial charge in [-0.3, -0.25) is 4.90 Å². The lowest BCUT2D eigenvalue weighted by atomic mass is 9.90. The van der Waals surface area contributed by atoms with Crippen molar-refractivity contribution in [3.8, 4) is 0 Å². The molecule has 138 valence electrons. The van der Waals surface area contributed by atoms with Crippen molar-refractivity contribution >= 4 is 33.9 Å². The number of ether oxygens (including phenoxy) is 1. The van der Waals surface area contributed by atoms with Gasteiger partial charge in [0.15, 0.2) is 0 Å². The number of nitrogens with zero attached hydrogens (tertiary/aromatic N) is 2. The molecular weight excluding hydrogens is 390 g/mol. The maximum Gasteiger partial charge on any atom is 0.413 e. The first kappa shape index (κ1) is 19.5. The number of carbonyl (C=O) groups is 2. The Labute approximate surface area is 155 Å². The van der Waals surface area contributed by atoms with Gasteiger partial charge in [0.2, 0.25) is 0 Å². The van der Waals surface area contributed by atoms with E-state index >= 15 is 0 Å². The molecule has 2 amide bonds. The topological polar surface area (TPSA) is 91.8 Å². The maximum atomic E-state index is 11.9. The van der Waals surface area contributed by atoms with E-state index in [-0.39, 0.29) is 12.1 Å². The summed E-state index contributed by atoms with van der Waals surface area (Å²) < 4.78 is 6.06. The van der Waals surface area contributed by atoms with E-state index < -0.39 is 17.8 Å². The van der Waals surface area contributed by atoms with Gasteiger partial charge in [-0.1, -0.05) is 0 Å². The zero-order valence-corrected chi connectivity index (χ0v) is 16.2. The minimum Gasteiger partial charge on any atom is -0.465 e. The molecular formula is C17H24BrN3O4. The van der Waals surface area contributed by atoms with Gasteiger partial charge >= 0.3 is 12.2 Å². The molecule has 0 atom stereocenters. The highest BCUT2D eigenvalue weighted by atomic mass is 79.9. The number of halogens is 1. The van der Waals surface area contributed by atoms with Gasteiger partial charge in [-0.25, -0.2) is 14.6 Å². The molecule has 1 heterocycles. The minimum absolute atomic E-state index is 0.000350. The predicted octanol–water partition coefficient (Wildman–Crippen LogP) is 4.16. The van der Waals surface area contributed by atoms with Crippen molar-refractivity contribution in [2.24, 2.45) is 0 Å². The number of nitrogens with one attached hydrogen (secondary N) is 1. The van der Waals surface area contributed by atoms with E-state index in [2.05, 4.69) is 26.2 Å². The summed E-state index contributed by atoms with van der Waals surface area (Å²) in [6, 6.07) is 3.31. The second-order valence-electron chi connectivity index (χ2n) is 7.14. The Morgan fingerprint density at radius 3 is 2.40 bits per heavy atom. The summed E-state index contributed by atoms with van der Waals surface area (Å²) >= 11 is 3.30. The van der Waals surface area contributed by atoms with Crippen LogP contribution in [0.2, 0.25) is 0 Å². The van der Waals surface area contributed by atoms with Crippen LogP contribution in [-0.2, 0) is 4.74 Å². The van der Waals surface area contributed by atoms with Gasteiger partial charge in [0, 0.05) is 22.8 Å². The lowest BCUT2D eigenvalue weighted by molar-refractivity contribution is 0.0490. The number of aromatic nitrogens is 1. The Morgan fingerprint density at radius 1 is 1.28 bits per heavy atom. The smallest absolute Gasteiger partial charge is 0.413 e. The molecule has 0 aromatic carbocycles. The van der Waals surface area contributed by atoms with Crippen LogP contribution in [0, 0.1) is 0 Å². The Kier molecular flexibility index (Phi) is 6.26. The third kappa shape index (κ3) is 5.88. The monoisotopic (exact) mass is 413 g/mol. The molecule has 0 bridgehead atoms. The molecule has 1 aromatic heterocycles. The van der Waals surface area contributed by atoms with Crippen LogP contribution in [0.25, 0.3) is 0 Å². The largest absolute Gasteiger partial charge is 0.465 e. The van der Waals surface area contributed by atoms with Gasteiger partial charge in [-0.05, 0) is 74.5 Å². The van der Waals surface area contributed by atoms with Crippen LogP contribution in [-0.4, -0.2) is 40.0 Å². The summed E-state index contributed by atoms with van der Waals surface area (Å²) in [5.41, 5.74) is -0.533. The molecule has 1 aliphatic rings. The summed E-state index contributed by atoms with van der Waals surface area (Å²) in [6.45, 7) is 5.46. The predicted molar refractivity (Wildman–Crippen MR) is 97.9 cm³/mol. The first-order chi connectivity index (χ1) is 11.7. The molecule has 2 rings (SSSR count). The van der Waals surface area contributed by atoms with E-state index in [0.717, 1.165) is 4.47 Å². The van der Waals surface area contributed by atoms with Crippen LogP contribution < -0.4 is 10.2 Å². The molecule has 7 nitrogen and oxygen atoms in total. The molecule has 1 saturated carbocycles. The van der Waals surface area contributed by atoms with Crippen molar-refractivity contribution in [1.29, 1.82) is 0 Å². The van der Waals surface area contributed by atoms with Crippen molar-refractivity contribution in [1.82, 2.24) is 10.3 Å². The number of hydrogen-bond donors (Lipinski definition) is 2. The van der Waals surface area contributed by atoms with E-state index in [0.29, 0.717) is 31.5 Å². The zero-order valence-electron chi connectivity index (χ0n) is 14.7. The van der Waals surface area contributed by atoms with Crippen LogP contribution in [0.4, 0.5) is 15.4 Å². The number of rotatable bonds is 3. The third-order valence-corrected chi connectivity index (χ3v) is 4.42. The fourth-order valence-electron chi connectivity index (χ4n) is 2.90. The van der Waals surface area contributed by atoms with Crippen LogP contribution in [0.3, 0.4) is 0 Å². The van der Waals surface area contributed by atoms with Gasteiger partial charge in [0.1, 0.15) is 11.4 Å². The molecule has 1 aromatic rings. The Hall–Kier alpha value is -1.83. The van der Waals surface area contributed by atoms with Gasteiger partial charge in [-0.2, -0.15) is 0 Å². The third-order valence-electron chi connectivity index (χ3n) is 3.95. The summed E-state index contributed by atoms with van der Waals surface area (Å²) in [4.78, 5) is 29.0. The molecule has 0 saturated heterocycles. The standard InChI is InChI=1S/C17H24BrN3O4/c1-17(2,3)25-15(22)20-12-5-7-13(8-6-12)21(16(23)24)14-9-4-11(18)10-19-14/h4,9-10,12-13H,5-8H2,1-3H3,(H,20,22)(H,23,24). The van der Waals surface area contributed by atoms with Crippen molar-refractivity contribution in [2.75, 3.05) is 4.90 Å². The Balaban J connectivity index is 1.94. The average molecular weight is 414 g/mol. The molecule has 0 aliphatic heterocycles. The highest BCUT2D eigenvalue weighted by molar-refractivity contribution is 9.10. The van der Waals surface area contributed by atoms with Gasteiger partial charge in [0.25, 0.3) is 0 Å². The molecule has 0 spiro atoms. The number of carboxylic acid groups (broad SMARTS) is 1. The number of pyridine rings is 1. The summed E-state index contributed by atoms with van der Waals surface area (Å²) in [6.07, 6.45) is 2.85. The van der Waals surface area contributed by atoms with Crippen molar-refractivity contribution in [3.63, 3.8) is 0 Å². The average Bonchev–Trinajstić information content (AvgIpc) is 2.49. The molecule has 1 aliphatic carbocycles. The normalized spacial score (nSPS) is 20.6. The van der Waals surface area contributed by atoms with Crippen LogP contribution in [0.15, 0.2) is 22.8 Å². The SMILES string of the molecule is CC(C)(C)OC(=O)NC1CCC(N(C(=O)O)c2ccc(Br)cn2)CC1. The quantitative estimate of drug-likeness (QED) is 0.775. The Morgan fingerprint density at radius 2 is 1.92 bits per heavy atom. The number of alkyl carbamates (subject to hydrolysis) is 1. The number of hydrogen-bond acceptors (Lipinski definition) is 4. The van der Waals surface area contributed by atoms with Crippen LogP contribution in [0.5, 0.6) is 0 Å². The lowest BCUT2D eigenvalue weighted by Crippen LogP contribution is -2.47. The van der Waals surface area contributed by atoms with E-state index in [1.165, 1.54) is 4.90 Å². The van der Waals surface area contributed by atoms with E-state index in [4.69, 9.17) is 4.74 Å². The molecule has 8 heteroatoms. The first-order valence-electron chi connectivity index (χ1n) is 8.29. The zero-order chi connectivity index (χ0) is 18.6. The fraction of sp³-hybridized carbons (Fsp3) is 0.588. The minimum atomic E-state index is -1.02.